The van der Waals surface area contributed by atoms with Gasteiger partial charge in [0.1, 0.15) is 11.6 Å². The van der Waals surface area contributed by atoms with E-state index >= 15 is 0 Å². The third-order valence-electron chi connectivity index (χ3n) is 3.10. The van der Waals surface area contributed by atoms with Crippen molar-refractivity contribution in [3.8, 4) is 0 Å². The molecule has 6 nitrogen and oxygen atoms in total. The average Bonchev–Trinajstić information content (AvgIpc) is 2.27. The highest BCUT2D eigenvalue weighted by Crippen LogP contribution is 2.30. The third-order valence-corrected chi connectivity index (χ3v) is 3.10. The standard InChI is InChI=1S/C12H18N4O2/c1-3-13-11-6-10(16(17)18)7-12(15-11)14-9-4-8(2)5-9/h6-9H,3-5H2,1-2H3,(H2,13,14,15). The van der Waals surface area contributed by atoms with Crippen LogP contribution in [0.15, 0.2) is 12.1 Å². The van der Waals surface area contributed by atoms with E-state index in [2.05, 4.69) is 22.5 Å². The smallest absolute Gasteiger partial charge is 0.276 e. The quantitative estimate of drug-likeness (QED) is 0.620. The summed E-state index contributed by atoms with van der Waals surface area (Å²) in [6, 6.07) is 3.34. The number of anilines is 2. The minimum absolute atomic E-state index is 0.0656. The van der Waals surface area contributed by atoms with Gasteiger partial charge in [-0.2, -0.15) is 0 Å². The largest absolute Gasteiger partial charge is 0.370 e. The van der Waals surface area contributed by atoms with E-state index in [-0.39, 0.29) is 5.69 Å². The molecule has 1 aliphatic carbocycles. The number of hydrogen-bond donors (Lipinski definition) is 2. The summed E-state index contributed by atoms with van der Waals surface area (Å²) < 4.78 is 0. The van der Waals surface area contributed by atoms with E-state index in [0.29, 0.717) is 24.2 Å². The molecule has 0 spiro atoms. The van der Waals surface area contributed by atoms with Gasteiger partial charge < -0.3 is 10.6 Å². The fourth-order valence-corrected chi connectivity index (χ4v) is 2.20. The van der Waals surface area contributed by atoms with E-state index in [1.807, 2.05) is 6.92 Å². The Labute approximate surface area is 106 Å². The lowest BCUT2D eigenvalue weighted by Crippen LogP contribution is -2.34. The predicted molar refractivity (Wildman–Crippen MR) is 70.9 cm³/mol. The van der Waals surface area contributed by atoms with Crippen LogP contribution in [0.4, 0.5) is 17.3 Å². The van der Waals surface area contributed by atoms with Gasteiger partial charge in [0.05, 0.1) is 17.1 Å². The molecule has 2 N–H and O–H groups in total. The van der Waals surface area contributed by atoms with Gasteiger partial charge in [-0.15, -0.1) is 0 Å². The van der Waals surface area contributed by atoms with Gasteiger partial charge >= 0.3 is 0 Å². The topological polar surface area (TPSA) is 80.1 Å². The first-order chi connectivity index (χ1) is 8.58. The van der Waals surface area contributed by atoms with E-state index in [4.69, 9.17) is 0 Å². The second-order valence-corrected chi connectivity index (χ2v) is 4.80. The Hall–Kier alpha value is -1.85. The van der Waals surface area contributed by atoms with E-state index in [1.165, 1.54) is 12.1 Å². The molecule has 6 heteroatoms. The zero-order valence-corrected chi connectivity index (χ0v) is 10.6. The van der Waals surface area contributed by atoms with E-state index in [9.17, 15) is 10.1 Å². The Balaban J connectivity index is 2.14. The minimum atomic E-state index is -0.392. The molecule has 98 valence electrons. The maximum atomic E-state index is 10.9. The zero-order chi connectivity index (χ0) is 13.1. The van der Waals surface area contributed by atoms with Crippen molar-refractivity contribution in [1.82, 2.24) is 4.98 Å². The van der Waals surface area contributed by atoms with Crippen molar-refractivity contribution in [2.24, 2.45) is 5.92 Å². The second kappa shape index (κ2) is 5.20. The summed E-state index contributed by atoms with van der Waals surface area (Å²) in [7, 11) is 0. The first kappa shape index (κ1) is 12.6. The molecule has 0 aliphatic heterocycles. The molecular weight excluding hydrogens is 232 g/mol. The summed E-state index contributed by atoms with van der Waals surface area (Å²) in [5.41, 5.74) is 0.0656. The second-order valence-electron chi connectivity index (χ2n) is 4.80. The molecule has 0 aromatic carbocycles. The molecule has 0 amide bonds. The molecule has 1 aromatic rings. The summed E-state index contributed by atoms with van der Waals surface area (Å²) in [5, 5.41) is 17.1. The first-order valence-electron chi connectivity index (χ1n) is 6.25. The number of hydrogen-bond acceptors (Lipinski definition) is 5. The van der Waals surface area contributed by atoms with Gasteiger partial charge in [0.15, 0.2) is 0 Å². The van der Waals surface area contributed by atoms with Crippen LogP contribution in [0.5, 0.6) is 0 Å². The van der Waals surface area contributed by atoms with Gasteiger partial charge in [-0.05, 0) is 25.7 Å². The normalized spacial score (nSPS) is 22.1. The van der Waals surface area contributed by atoms with Crippen molar-refractivity contribution >= 4 is 17.3 Å². The molecule has 1 heterocycles. The molecule has 1 fully saturated rings. The maximum Gasteiger partial charge on any atom is 0.276 e. The molecule has 0 unspecified atom stereocenters. The van der Waals surface area contributed by atoms with E-state index in [1.54, 1.807) is 0 Å². The Morgan fingerprint density at radius 3 is 2.67 bits per heavy atom. The Kier molecular flexibility index (Phi) is 3.64. The molecule has 1 aliphatic rings. The molecule has 0 bridgehead atoms. The van der Waals surface area contributed by atoms with Crippen molar-refractivity contribution in [1.29, 1.82) is 0 Å². The third kappa shape index (κ3) is 2.88. The van der Waals surface area contributed by atoms with Crippen LogP contribution in [0, 0.1) is 16.0 Å². The molecule has 0 radical (unpaired) electrons. The van der Waals surface area contributed by atoms with Gasteiger partial charge in [-0.1, -0.05) is 6.92 Å². The predicted octanol–water partition coefficient (Wildman–Crippen LogP) is 2.63. The number of aromatic nitrogens is 1. The van der Waals surface area contributed by atoms with E-state index in [0.717, 1.165) is 18.8 Å². The van der Waals surface area contributed by atoms with Crippen molar-refractivity contribution < 1.29 is 4.92 Å². The number of nitrogens with one attached hydrogen (secondary N) is 2. The fourth-order valence-electron chi connectivity index (χ4n) is 2.20. The number of rotatable bonds is 5. The lowest BCUT2D eigenvalue weighted by Gasteiger charge is -2.33. The van der Waals surface area contributed by atoms with Crippen molar-refractivity contribution in [3.05, 3.63) is 22.2 Å². The molecule has 1 saturated carbocycles. The summed E-state index contributed by atoms with van der Waals surface area (Å²) in [6.07, 6.45) is 2.20. The van der Waals surface area contributed by atoms with Crippen molar-refractivity contribution in [3.63, 3.8) is 0 Å². The monoisotopic (exact) mass is 250 g/mol. The van der Waals surface area contributed by atoms with Crippen LogP contribution in [-0.2, 0) is 0 Å². The molecule has 0 atom stereocenters. The lowest BCUT2D eigenvalue weighted by atomic mass is 9.82. The molecule has 1 aromatic heterocycles. The van der Waals surface area contributed by atoms with Crippen LogP contribution < -0.4 is 10.6 Å². The van der Waals surface area contributed by atoms with Crippen LogP contribution >= 0.6 is 0 Å². The minimum Gasteiger partial charge on any atom is -0.370 e. The fraction of sp³-hybridized carbons (Fsp3) is 0.583. The zero-order valence-electron chi connectivity index (χ0n) is 10.6. The van der Waals surface area contributed by atoms with Crippen LogP contribution in [-0.4, -0.2) is 22.5 Å². The SMILES string of the molecule is CCNc1cc([N+](=O)[O-])cc(NC2CC(C)C2)n1. The van der Waals surface area contributed by atoms with Gasteiger partial charge in [-0.25, -0.2) is 4.98 Å². The van der Waals surface area contributed by atoms with E-state index < -0.39 is 4.92 Å². The lowest BCUT2D eigenvalue weighted by molar-refractivity contribution is -0.384. The number of pyridine rings is 1. The maximum absolute atomic E-state index is 10.9. The highest BCUT2D eigenvalue weighted by Gasteiger charge is 2.25. The van der Waals surface area contributed by atoms with Crippen molar-refractivity contribution in [2.45, 2.75) is 32.7 Å². The van der Waals surface area contributed by atoms with Crippen LogP contribution in [0.25, 0.3) is 0 Å². The van der Waals surface area contributed by atoms with Gasteiger partial charge in [0.25, 0.3) is 5.69 Å². The molecular formula is C12H18N4O2. The van der Waals surface area contributed by atoms with Crippen molar-refractivity contribution in [2.75, 3.05) is 17.2 Å². The Bertz CT molecular complexity index is 444. The summed E-state index contributed by atoms with van der Waals surface area (Å²) in [5.74, 6) is 1.85. The van der Waals surface area contributed by atoms with Crippen LogP contribution in [0.2, 0.25) is 0 Å². The Morgan fingerprint density at radius 2 is 2.11 bits per heavy atom. The van der Waals surface area contributed by atoms with Gasteiger partial charge in [0.2, 0.25) is 0 Å². The van der Waals surface area contributed by atoms with Crippen LogP contribution in [0.1, 0.15) is 26.7 Å². The van der Waals surface area contributed by atoms with Gasteiger partial charge in [0, 0.05) is 12.6 Å². The molecule has 18 heavy (non-hydrogen) atoms. The Morgan fingerprint density at radius 1 is 1.44 bits per heavy atom. The summed E-state index contributed by atoms with van der Waals surface area (Å²) >= 11 is 0. The first-order valence-corrected chi connectivity index (χ1v) is 6.25. The molecule has 2 rings (SSSR count). The highest BCUT2D eigenvalue weighted by molar-refractivity contribution is 5.55. The average molecular weight is 250 g/mol. The summed E-state index contributed by atoms with van der Waals surface area (Å²) in [6.45, 7) is 4.82. The highest BCUT2D eigenvalue weighted by atomic mass is 16.6. The number of nitrogens with zero attached hydrogens (tertiary/aromatic N) is 2. The molecule has 0 saturated heterocycles. The van der Waals surface area contributed by atoms with Gasteiger partial charge in [-0.3, -0.25) is 10.1 Å². The summed E-state index contributed by atoms with van der Waals surface area (Å²) in [4.78, 5) is 14.8. The number of nitro groups is 1. The van der Waals surface area contributed by atoms with Crippen LogP contribution in [0.3, 0.4) is 0 Å².